The molecule has 0 radical (unpaired) electrons. The van der Waals surface area contributed by atoms with Gasteiger partial charge in [-0.25, -0.2) is 0 Å². The third-order valence-electron chi connectivity index (χ3n) is 5.41. The van der Waals surface area contributed by atoms with Gasteiger partial charge in [0, 0.05) is 11.5 Å². The highest BCUT2D eigenvalue weighted by Gasteiger charge is 2.50. The molecule has 116 valence electrons. The van der Waals surface area contributed by atoms with Crippen molar-refractivity contribution in [3.63, 3.8) is 0 Å². The predicted octanol–water partition coefficient (Wildman–Crippen LogP) is 2.19. The third-order valence-corrected chi connectivity index (χ3v) is 5.41. The van der Waals surface area contributed by atoms with Crippen molar-refractivity contribution in [3.8, 4) is 11.5 Å². The minimum absolute atomic E-state index is 0.0476. The SMILES string of the molecule is COc1ccc([C@@]23CCN(C)[C@@H]2CC[C@@H](O)C3)cc1OC. The van der Waals surface area contributed by atoms with E-state index in [1.165, 1.54) is 5.56 Å². The number of likely N-dealkylation sites (N-methyl/N-ethyl adjacent to an activating group) is 1. The first-order valence-corrected chi connectivity index (χ1v) is 7.71. The Hall–Kier alpha value is -1.26. The van der Waals surface area contributed by atoms with Gasteiger partial charge in [-0.05, 0) is 57.0 Å². The van der Waals surface area contributed by atoms with E-state index in [0.717, 1.165) is 43.7 Å². The number of ether oxygens (including phenoxy) is 2. The van der Waals surface area contributed by atoms with Crippen LogP contribution in [0.3, 0.4) is 0 Å². The predicted molar refractivity (Wildman–Crippen MR) is 82.1 cm³/mol. The zero-order valence-electron chi connectivity index (χ0n) is 13.1. The Balaban J connectivity index is 2.03. The molecule has 3 atom stereocenters. The van der Waals surface area contributed by atoms with Crippen molar-refractivity contribution >= 4 is 0 Å². The number of nitrogens with zero attached hydrogens (tertiary/aromatic N) is 1. The van der Waals surface area contributed by atoms with Crippen LogP contribution < -0.4 is 9.47 Å². The highest BCUT2D eigenvalue weighted by atomic mass is 16.5. The van der Waals surface area contributed by atoms with Crippen molar-refractivity contribution in [1.82, 2.24) is 4.90 Å². The van der Waals surface area contributed by atoms with Crippen molar-refractivity contribution in [1.29, 1.82) is 0 Å². The molecule has 21 heavy (non-hydrogen) atoms. The summed E-state index contributed by atoms with van der Waals surface area (Å²) in [5.74, 6) is 1.54. The zero-order valence-corrected chi connectivity index (χ0v) is 13.1. The molecule has 2 aliphatic rings. The molecule has 0 bridgehead atoms. The Labute approximate surface area is 126 Å². The van der Waals surface area contributed by atoms with E-state index in [-0.39, 0.29) is 11.5 Å². The second kappa shape index (κ2) is 5.50. The molecule has 1 heterocycles. The molecule has 4 heteroatoms. The summed E-state index contributed by atoms with van der Waals surface area (Å²) in [6, 6.07) is 6.74. The van der Waals surface area contributed by atoms with Crippen LogP contribution >= 0.6 is 0 Å². The zero-order chi connectivity index (χ0) is 15.0. The van der Waals surface area contributed by atoms with E-state index in [0.29, 0.717) is 6.04 Å². The fourth-order valence-corrected chi connectivity index (χ4v) is 4.33. The first kappa shape index (κ1) is 14.7. The topological polar surface area (TPSA) is 41.9 Å². The maximum Gasteiger partial charge on any atom is 0.161 e. The van der Waals surface area contributed by atoms with Gasteiger partial charge in [0.05, 0.1) is 20.3 Å². The van der Waals surface area contributed by atoms with Crippen molar-refractivity contribution in [2.75, 3.05) is 27.8 Å². The number of benzene rings is 1. The molecule has 0 unspecified atom stereocenters. The normalized spacial score (nSPS) is 32.8. The molecule has 2 fully saturated rings. The molecule has 0 spiro atoms. The summed E-state index contributed by atoms with van der Waals surface area (Å²) < 4.78 is 10.8. The van der Waals surface area contributed by atoms with Crippen molar-refractivity contribution < 1.29 is 14.6 Å². The van der Waals surface area contributed by atoms with Crippen molar-refractivity contribution in [2.45, 2.75) is 43.2 Å². The lowest BCUT2D eigenvalue weighted by molar-refractivity contribution is 0.0572. The summed E-state index contributed by atoms with van der Waals surface area (Å²) in [6.45, 7) is 1.09. The van der Waals surface area contributed by atoms with E-state index in [1.807, 2.05) is 6.07 Å². The molecule has 1 aromatic carbocycles. The molecule has 1 aromatic rings. The Morgan fingerprint density at radius 3 is 2.67 bits per heavy atom. The van der Waals surface area contributed by atoms with Crippen LogP contribution in [0.1, 0.15) is 31.2 Å². The molecule has 4 nitrogen and oxygen atoms in total. The average Bonchev–Trinajstić information content (AvgIpc) is 2.84. The quantitative estimate of drug-likeness (QED) is 0.927. The standard InChI is InChI=1S/C17H25NO3/c1-18-9-8-17(11-13(19)5-7-16(17)18)12-4-6-14(20-2)15(10-12)21-3/h4,6,10,13,16,19H,5,7-9,11H2,1-3H3/t13-,16-,17+/m1/s1. The summed E-state index contributed by atoms with van der Waals surface area (Å²) in [6.07, 6.45) is 3.72. The van der Waals surface area contributed by atoms with E-state index < -0.39 is 0 Å². The number of rotatable bonds is 3. The largest absolute Gasteiger partial charge is 0.493 e. The first-order chi connectivity index (χ1) is 10.1. The van der Waals surface area contributed by atoms with Crippen LogP contribution in [0.15, 0.2) is 18.2 Å². The highest BCUT2D eigenvalue weighted by Crippen LogP contribution is 2.49. The number of aliphatic hydroxyl groups is 1. The van der Waals surface area contributed by atoms with Gasteiger partial charge in [-0.1, -0.05) is 6.07 Å². The Morgan fingerprint density at radius 2 is 1.95 bits per heavy atom. The number of aliphatic hydroxyl groups excluding tert-OH is 1. The summed E-state index contributed by atoms with van der Waals surface area (Å²) >= 11 is 0. The molecule has 1 aliphatic heterocycles. The number of hydrogen-bond acceptors (Lipinski definition) is 4. The van der Waals surface area contributed by atoms with E-state index in [4.69, 9.17) is 9.47 Å². The van der Waals surface area contributed by atoms with Crippen LogP contribution in [0.2, 0.25) is 0 Å². The fraction of sp³-hybridized carbons (Fsp3) is 0.647. The van der Waals surface area contributed by atoms with Gasteiger partial charge in [0.2, 0.25) is 0 Å². The molecular weight excluding hydrogens is 266 g/mol. The summed E-state index contributed by atoms with van der Waals surface area (Å²) in [7, 11) is 5.53. The smallest absolute Gasteiger partial charge is 0.161 e. The lowest BCUT2D eigenvalue weighted by Gasteiger charge is -2.43. The number of hydrogen-bond donors (Lipinski definition) is 1. The summed E-state index contributed by atoms with van der Waals surface area (Å²) in [5.41, 5.74) is 1.32. The molecule has 1 N–H and O–H groups in total. The maximum absolute atomic E-state index is 10.2. The van der Waals surface area contributed by atoms with Gasteiger partial charge < -0.3 is 19.5 Å². The Kier molecular flexibility index (Phi) is 3.84. The molecule has 0 aromatic heterocycles. The number of likely N-dealkylation sites (tertiary alicyclic amines) is 1. The Morgan fingerprint density at radius 1 is 1.19 bits per heavy atom. The fourth-order valence-electron chi connectivity index (χ4n) is 4.33. The van der Waals surface area contributed by atoms with Gasteiger partial charge in [-0.3, -0.25) is 0 Å². The van der Waals surface area contributed by atoms with Gasteiger partial charge in [-0.15, -0.1) is 0 Å². The second-order valence-corrected chi connectivity index (χ2v) is 6.41. The van der Waals surface area contributed by atoms with Crippen LogP contribution in [-0.4, -0.2) is 50.0 Å². The van der Waals surface area contributed by atoms with Gasteiger partial charge >= 0.3 is 0 Å². The van der Waals surface area contributed by atoms with Crippen LogP contribution in [0, 0.1) is 0 Å². The number of fused-ring (bicyclic) bond motifs is 1. The van der Waals surface area contributed by atoms with Gasteiger partial charge in [0.1, 0.15) is 0 Å². The second-order valence-electron chi connectivity index (χ2n) is 6.41. The molecule has 1 aliphatic carbocycles. The Bertz CT molecular complexity index is 519. The molecular formula is C17H25NO3. The molecule has 0 amide bonds. The van der Waals surface area contributed by atoms with E-state index in [1.54, 1.807) is 14.2 Å². The van der Waals surface area contributed by atoms with Crippen molar-refractivity contribution in [3.05, 3.63) is 23.8 Å². The lowest BCUT2D eigenvalue weighted by atomic mass is 9.65. The first-order valence-electron chi connectivity index (χ1n) is 7.71. The van der Waals surface area contributed by atoms with E-state index >= 15 is 0 Å². The lowest BCUT2D eigenvalue weighted by Crippen LogP contribution is -2.47. The summed E-state index contributed by atoms with van der Waals surface area (Å²) in [4.78, 5) is 2.45. The van der Waals surface area contributed by atoms with Gasteiger partial charge in [0.25, 0.3) is 0 Å². The third kappa shape index (κ3) is 2.30. The monoisotopic (exact) mass is 291 g/mol. The average molecular weight is 291 g/mol. The molecule has 3 rings (SSSR count). The van der Waals surface area contributed by atoms with Crippen molar-refractivity contribution in [2.24, 2.45) is 0 Å². The van der Waals surface area contributed by atoms with Gasteiger partial charge in [0.15, 0.2) is 11.5 Å². The van der Waals surface area contributed by atoms with Crippen LogP contribution in [0.4, 0.5) is 0 Å². The highest BCUT2D eigenvalue weighted by molar-refractivity contribution is 5.46. The molecule has 1 saturated carbocycles. The summed E-state index contributed by atoms with van der Waals surface area (Å²) in [5, 5.41) is 10.2. The van der Waals surface area contributed by atoms with Crippen LogP contribution in [-0.2, 0) is 5.41 Å². The van der Waals surface area contributed by atoms with E-state index in [2.05, 4.69) is 24.1 Å². The minimum atomic E-state index is -0.194. The minimum Gasteiger partial charge on any atom is -0.493 e. The molecule has 1 saturated heterocycles. The van der Waals surface area contributed by atoms with Gasteiger partial charge in [-0.2, -0.15) is 0 Å². The number of methoxy groups -OCH3 is 2. The van der Waals surface area contributed by atoms with Crippen LogP contribution in [0.5, 0.6) is 11.5 Å². The van der Waals surface area contributed by atoms with E-state index in [9.17, 15) is 5.11 Å². The maximum atomic E-state index is 10.2. The van der Waals surface area contributed by atoms with Crippen LogP contribution in [0.25, 0.3) is 0 Å².